The van der Waals surface area contributed by atoms with E-state index in [1.807, 2.05) is 0 Å². The third-order valence-electron chi connectivity index (χ3n) is 3.62. The van der Waals surface area contributed by atoms with Crippen molar-refractivity contribution in [1.29, 1.82) is 0 Å². The van der Waals surface area contributed by atoms with Gasteiger partial charge < -0.3 is 0 Å². The summed E-state index contributed by atoms with van der Waals surface area (Å²) in [6, 6.07) is 12.1. The Balaban J connectivity index is 2.08. The first-order chi connectivity index (χ1) is 8.31. The van der Waals surface area contributed by atoms with E-state index < -0.39 is 0 Å². The van der Waals surface area contributed by atoms with Crippen LogP contribution in [-0.4, -0.2) is 17.0 Å². The summed E-state index contributed by atoms with van der Waals surface area (Å²) < 4.78 is 0. The fourth-order valence-corrected chi connectivity index (χ4v) is 2.63. The molecule has 17 heavy (non-hydrogen) atoms. The van der Waals surface area contributed by atoms with Gasteiger partial charge in [-0.3, -0.25) is 4.90 Å². The Bertz CT molecular complexity index is 355. The van der Waals surface area contributed by atoms with E-state index in [0.29, 0.717) is 12.1 Å². The molecule has 1 aromatic rings. The Kier molecular flexibility index (Phi) is 4.38. The minimum absolute atomic E-state index is 0.629. The maximum absolute atomic E-state index is 2.64. The number of rotatable bonds is 4. The van der Waals surface area contributed by atoms with Crippen LogP contribution in [0.4, 0.5) is 0 Å². The average Bonchev–Trinajstić information content (AvgIpc) is 2.35. The van der Waals surface area contributed by atoms with Crippen molar-refractivity contribution in [2.45, 2.75) is 51.7 Å². The smallest absolute Gasteiger partial charge is 0.0284 e. The molecule has 0 saturated carbocycles. The zero-order valence-electron chi connectivity index (χ0n) is 11.0. The van der Waals surface area contributed by atoms with Gasteiger partial charge >= 0.3 is 0 Å². The van der Waals surface area contributed by atoms with Crippen molar-refractivity contribution in [3.05, 3.63) is 48.0 Å². The molecule has 2 atom stereocenters. The van der Waals surface area contributed by atoms with Gasteiger partial charge in [-0.15, -0.1) is 0 Å². The van der Waals surface area contributed by atoms with E-state index in [-0.39, 0.29) is 0 Å². The summed E-state index contributed by atoms with van der Waals surface area (Å²) in [7, 11) is 0. The monoisotopic (exact) mass is 229 g/mol. The topological polar surface area (TPSA) is 3.24 Å². The summed E-state index contributed by atoms with van der Waals surface area (Å²) in [5, 5.41) is 0. The van der Waals surface area contributed by atoms with Gasteiger partial charge in [-0.1, -0.05) is 55.8 Å². The highest BCUT2D eigenvalue weighted by Gasteiger charge is 2.23. The van der Waals surface area contributed by atoms with Crippen LogP contribution >= 0.6 is 0 Å². The quantitative estimate of drug-likeness (QED) is 0.705. The Hall–Kier alpha value is -1.08. The zero-order chi connectivity index (χ0) is 12.1. The maximum Gasteiger partial charge on any atom is 0.0284 e. The molecule has 0 radical (unpaired) electrons. The van der Waals surface area contributed by atoms with E-state index in [4.69, 9.17) is 0 Å². The minimum atomic E-state index is 0.629. The van der Waals surface area contributed by atoms with Crippen LogP contribution in [0.3, 0.4) is 0 Å². The van der Waals surface area contributed by atoms with Crippen molar-refractivity contribution < 1.29 is 0 Å². The van der Waals surface area contributed by atoms with Crippen LogP contribution in [0.25, 0.3) is 0 Å². The van der Waals surface area contributed by atoms with Gasteiger partial charge in [-0.05, 0) is 25.3 Å². The molecule has 1 nitrogen and oxygen atoms in total. The molecule has 92 valence electrons. The standard InChI is InChI=1S/C16H23N/c1-3-8-16-12-7-9-14(2)17(16)13-15-10-5-4-6-11-15/h4-7,10-12,14,16H,3,8-9,13H2,1-2H3. The predicted octanol–water partition coefficient (Wildman–Crippen LogP) is 4.01. The van der Waals surface area contributed by atoms with Crippen LogP contribution in [0.15, 0.2) is 42.5 Å². The Morgan fingerprint density at radius 3 is 2.71 bits per heavy atom. The van der Waals surface area contributed by atoms with Crippen LogP contribution < -0.4 is 0 Å². The summed E-state index contributed by atoms with van der Waals surface area (Å²) in [5.41, 5.74) is 1.43. The Morgan fingerprint density at radius 1 is 1.24 bits per heavy atom. The molecule has 2 unspecified atom stereocenters. The van der Waals surface area contributed by atoms with E-state index >= 15 is 0 Å². The molecule has 2 rings (SSSR count). The van der Waals surface area contributed by atoms with Gasteiger partial charge in [0.05, 0.1) is 0 Å². The SMILES string of the molecule is CCCC1C=CCC(C)N1Cc1ccccc1. The molecule has 0 bridgehead atoms. The van der Waals surface area contributed by atoms with E-state index in [2.05, 4.69) is 61.2 Å². The molecule has 0 saturated heterocycles. The largest absolute Gasteiger partial charge is 0.290 e. The van der Waals surface area contributed by atoms with Gasteiger partial charge in [0.1, 0.15) is 0 Å². The van der Waals surface area contributed by atoms with Crippen molar-refractivity contribution in [3.63, 3.8) is 0 Å². The molecule has 1 heterocycles. The molecule has 0 aliphatic carbocycles. The first kappa shape index (κ1) is 12.4. The van der Waals surface area contributed by atoms with Crippen molar-refractivity contribution >= 4 is 0 Å². The first-order valence-corrected chi connectivity index (χ1v) is 6.77. The lowest BCUT2D eigenvalue weighted by atomic mass is 9.99. The average molecular weight is 229 g/mol. The highest BCUT2D eigenvalue weighted by atomic mass is 15.2. The molecule has 1 aliphatic heterocycles. The van der Waals surface area contributed by atoms with Crippen LogP contribution in [0.5, 0.6) is 0 Å². The molecule has 0 amide bonds. The highest BCUT2D eigenvalue weighted by molar-refractivity contribution is 5.16. The lowest BCUT2D eigenvalue weighted by Crippen LogP contribution is -2.42. The predicted molar refractivity (Wildman–Crippen MR) is 73.9 cm³/mol. The summed E-state index contributed by atoms with van der Waals surface area (Å²) in [5.74, 6) is 0. The van der Waals surface area contributed by atoms with Crippen LogP contribution in [-0.2, 0) is 6.54 Å². The van der Waals surface area contributed by atoms with E-state index in [1.54, 1.807) is 0 Å². The minimum Gasteiger partial charge on any atom is -0.290 e. The van der Waals surface area contributed by atoms with Crippen molar-refractivity contribution in [1.82, 2.24) is 4.90 Å². The van der Waals surface area contributed by atoms with Crippen molar-refractivity contribution in [3.8, 4) is 0 Å². The van der Waals surface area contributed by atoms with Crippen LogP contribution in [0, 0.1) is 0 Å². The molecule has 0 fully saturated rings. The van der Waals surface area contributed by atoms with Crippen LogP contribution in [0.2, 0.25) is 0 Å². The second-order valence-electron chi connectivity index (χ2n) is 5.03. The normalized spacial score (nSPS) is 25.1. The van der Waals surface area contributed by atoms with Gasteiger partial charge in [-0.25, -0.2) is 0 Å². The molecule has 1 aromatic carbocycles. The molecular formula is C16H23N. The summed E-state index contributed by atoms with van der Waals surface area (Å²) >= 11 is 0. The fourth-order valence-electron chi connectivity index (χ4n) is 2.63. The zero-order valence-corrected chi connectivity index (χ0v) is 11.0. The van der Waals surface area contributed by atoms with Gasteiger partial charge in [0.25, 0.3) is 0 Å². The van der Waals surface area contributed by atoms with E-state index in [1.165, 1.54) is 24.8 Å². The molecular weight excluding hydrogens is 206 g/mol. The van der Waals surface area contributed by atoms with Crippen molar-refractivity contribution in [2.75, 3.05) is 0 Å². The molecule has 0 N–H and O–H groups in total. The lowest BCUT2D eigenvalue weighted by molar-refractivity contribution is 0.145. The number of hydrogen-bond donors (Lipinski definition) is 0. The summed E-state index contributed by atoms with van der Waals surface area (Å²) in [4.78, 5) is 2.64. The highest BCUT2D eigenvalue weighted by Crippen LogP contribution is 2.22. The van der Waals surface area contributed by atoms with E-state index in [9.17, 15) is 0 Å². The van der Waals surface area contributed by atoms with Gasteiger partial charge in [-0.2, -0.15) is 0 Å². The summed E-state index contributed by atoms with van der Waals surface area (Å²) in [6.07, 6.45) is 8.46. The van der Waals surface area contributed by atoms with Crippen LogP contribution in [0.1, 0.15) is 38.7 Å². The number of benzene rings is 1. The van der Waals surface area contributed by atoms with Gasteiger partial charge in [0.15, 0.2) is 0 Å². The maximum atomic E-state index is 2.64. The summed E-state index contributed by atoms with van der Waals surface area (Å²) in [6.45, 7) is 5.69. The van der Waals surface area contributed by atoms with E-state index in [0.717, 1.165) is 6.54 Å². The second-order valence-corrected chi connectivity index (χ2v) is 5.03. The molecule has 0 spiro atoms. The second kappa shape index (κ2) is 6.02. The third-order valence-corrected chi connectivity index (χ3v) is 3.62. The third kappa shape index (κ3) is 3.19. The Labute approximate surface area is 105 Å². The number of nitrogens with zero attached hydrogens (tertiary/aromatic N) is 1. The number of hydrogen-bond acceptors (Lipinski definition) is 1. The lowest BCUT2D eigenvalue weighted by Gasteiger charge is -2.37. The molecule has 1 aliphatic rings. The van der Waals surface area contributed by atoms with Gasteiger partial charge in [0, 0.05) is 18.6 Å². The van der Waals surface area contributed by atoms with Crippen molar-refractivity contribution in [2.24, 2.45) is 0 Å². The van der Waals surface area contributed by atoms with Gasteiger partial charge in [0.2, 0.25) is 0 Å². The Morgan fingerprint density at radius 2 is 2.00 bits per heavy atom. The first-order valence-electron chi connectivity index (χ1n) is 6.77. The molecule has 0 aromatic heterocycles. The fraction of sp³-hybridized carbons (Fsp3) is 0.500. The molecule has 1 heteroatoms.